The van der Waals surface area contributed by atoms with Crippen LogP contribution in [0.3, 0.4) is 0 Å². The maximum atomic E-state index is 11.7. The fourth-order valence-electron chi connectivity index (χ4n) is 2.79. The van der Waals surface area contributed by atoms with Crippen molar-refractivity contribution in [2.75, 3.05) is 20.2 Å². The van der Waals surface area contributed by atoms with E-state index in [1.54, 1.807) is 0 Å². The van der Waals surface area contributed by atoms with Crippen LogP contribution in [0.15, 0.2) is 42.5 Å². The van der Waals surface area contributed by atoms with E-state index in [-0.39, 0.29) is 0 Å². The van der Waals surface area contributed by atoms with Crippen LogP contribution >= 0.6 is 0 Å². The molecule has 0 saturated heterocycles. The van der Waals surface area contributed by atoms with Gasteiger partial charge in [-0.05, 0) is 74.7 Å². The third kappa shape index (κ3) is 7.24. The highest BCUT2D eigenvalue weighted by atomic mass is 16.6. The van der Waals surface area contributed by atoms with Gasteiger partial charge in [0.15, 0.2) is 0 Å². The van der Waals surface area contributed by atoms with Crippen molar-refractivity contribution in [3.63, 3.8) is 0 Å². The molecule has 28 heavy (non-hydrogen) atoms. The number of carbonyl (C=O) groups is 1. The van der Waals surface area contributed by atoms with Crippen LogP contribution in [0, 0.1) is 0 Å². The number of aryl methyl sites for hydroxylation is 1. The van der Waals surface area contributed by atoms with Crippen LogP contribution in [0.1, 0.15) is 38.8 Å². The quantitative estimate of drug-likeness (QED) is 0.656. The molecule has 2 rings (SSSR count). The van der Waals surface area contributed by atoms with Crippen molar-refractivity contribution in [1.82, 2.24) is 10.6 Å². The number of benzene rings is 2. The molecule has 0 aliphatic carbocycles. The molecule has 1 amide bonds. The highest BCUT2D eigenvalue weighted by Crippen LogP contribution is 2.27. The number of rotatable bonds is 8. The van der Waals surface area contributed by atoms with E-state index in [1.807, 2.05) is 40.0 Å². The minimum absolute atomic E-state index is 0.371. The van der Waals surface area contributed by atoms with E-state index in [9.17, 15) is 4.79 Å². The topological polar surface area (TPSA) is 59.6 Å². The highest BCUT2D eigenvalue weighted by molar-refractivity contribution is 5.68. The number of nitrogens with one attached hydrogen (secondary N) is 2. The van der Waals surface area contributed by atoms with Gasteiger partial charge in [0.2, 0.25) is 0 Å². The molecule has 2 aromatic carbocycles. The Morgan fingerprint density at radius 3 is 2.32 bits per heavy atom. The lowest BCUT2D eigenvalue weighted by atomic mass is 10.0. The molecule has 0 heterocycles. The lowest BCUT2D eigenvalue weighted by Gasteiger charge is -2.19. The average molecular weight is 385 g/mol. The van der Waals surface area contributed by atoms with Gasteiger partial charge in [0.05, 0.1) is 6.54 Å². The molecule has 0 saturated carbocycles. The number of carbonyl (C=O) groups excluding carboxylic acids is 1. The summed E-state index contributed by atoms with van der Waals surface area (Å²) in [5.74, 6) is 0.785. The number of amides is 1. The molecule has 0 aliphatic heterocycles. The maximum absolute atomic E-state index is 11.7. The summed E-state index contributed by atoms with van der Waals surface area (Å²) in [6.45, 7) is 9.18. The Morgan fingerprint density at radius 2 is 1.71 bits per heavy atom. The highest BCUT2D eigenvalue weighted by Gasteiger charge is 2.15. The van der Waals surface area contributed by atoms with Crippen LogP contribution in [0.25, 0.3) is 11.1 Å². The fraction of sp³-hybridized carbons (Fsp3) is 0.435. The van der Waals surface area contributed by atoms with Crippen LogP contribution in [-0.4, -0.2) is 31.9 Å². The lowest BCUT2D eigenvalue weighted by Crippen LogP contribution is -2.34. The smallest absolute Gasteiger partial charge is 0.407 e. The Hall–Kier alpha value is -2.53. The largest absolute Gasteiger partial charge is 0.492 e. The molecular weight excluding hydrogens is 352 g/mol. The summed E-state index contributed by atoms with van der Waals surface area (Å²) < 4.78 is 11.1. The van der Waals surface area contributed by atoms with E-state index in [2.05, 4.69) is 47.9 Å². The minimum atomic E-state index is -0.505. The van der Waals surface area contributed by atoms with Gasteiger partial charge in [-0.1, -0.05) is 31.2 Å². The van der Waals surface area contributed by atoms with E-state index in [1.165, 1.54) is 5.56 Å². The van der Waals surface area contributed by atoms with Gasteiger partial charge in [-0.3, -0.25) is 0 Å². The van der Waals surface area contributed by atoms with Gasteiger partial charge < -0.3 is 20.1 Å². The Kier molecular flexibility index (Phi) is 7.88. The second-order valence-corrected chi connectivity index (χ2v) is 7.72. The summed E-state index contributed by atoms with van der Waals surface area (Å²) in [5, 5.41) is 5.89. The number of alkyl carbamates (subject to hydrolysis) is 1. The lowest BCUT2D eigenvalue weighted by molar-refractivity contribution is 0.0520. The molecule has 0 spiro atoms. The summed E-state index contributed by atoms with van der Waals surface area (Å²) in [6.07, 6.45) is 0.593. The number of hydrogen-bond acceptors (Lipinski definition) is 4. The molecule has 0 aliphatic rings. The summed E-state index contributed by atoms with van der Waals surface area (Å²) in [6, 6.07) is 14.8. The van der Waals surface area contributed by atoms with Gasteiger partial charge in [-0.25, -0.2) is 4.79 Å². The predicted octanol–water partition coefficient (Wildman–Crippen LogP) is 4.54. The van der Waals surface area contributed by atoms with Gasteiger partial charge in [-0.2, -0.15) is 0 Å². The van der Waals surface area contributed by atoms with Gasteiger partial charge in [0.1, 0.15) is 18.0 Å². The fourth-order valence-corrected chi connectivity index (χ4v) is 2.79. The van der Waals surface area contributed by atoms with Crippen molar-refractivity contribution in [3.05, 3.63) is 53.6 Å². The van der Waals surface area contributed by atoms with Gasteiger partial charge in [-0.15, -0.1) is 0 Å². The van der Waals surface area contributed by atoms with Crippen molar-refractivity contribution in [2.24, 2.45) is 0 Å². The molecular formula is C23H32N2O3. The first-order valence-electron chi connectivity index (χ1n) is 9.78. The molecule has 2 aromatic rings. The Labute approximate surface area is 168 Å². The summed E-state index contributed by atoms with van der Waals surface area (Å²) in [4.78, 5) is 11.7. The van der Waals surface area contributed by atoms with Crippen molar-refractivity contribution in [1.29, 1.82) is 0 Å². The molecule has 0 aromatic heterocycles. The molecule has 5 heteroatoms. The van der Waals surface area contributed by atoms with E-state index in [4.69, 9.17) is 9.47 Å². The Bertz CT molecular complexity index is 764. The van der Waals surface area contributed by atoms with E-state index in [0.29, 0.717) is 13.2 Å². The zero-order chi connectivity index (χ0) is 20.6. The van der Waals surface area contributed by atoms with Gasteiger partial charge in [0.25, 0.3) is 0 Å². The van der Waals surface area contributed by atoms with E-state index in [0.717, 1.165) is 35.4 Å². The molecule has 5 nitrogen and oxygen atoms in total. The first-order chi connectivity index (χ1) is 13.3. The Balaban J connectivity index is 2.02. The predicted molar refractivity (Wildman–Crippen MR) is 114 cm³/mol. The SMILES string of the molecule is CCc1ccc(-c2cc(CNC)cc(OCCNC(=O)OC(C)(C)C)c2)cc1. The zero-order valence-corrected chi connectivity index (χ0v) is 17.6. The van der Waals surface area contributed by atoms with Crippen LogP contribution < -0.4 is 15.4 Å². The van der Waals surface area contributed by atoms with Crippen molar-refractivity contribution >= 4 is 6.09 Å². The maximum Gasteiger partial charge on any atom is 0.407 e. The summed E-state index contributed by atoms with van der Waals surface area (Å²) in [7, 11) is 1.92. The van der Waals surface area contributed by atoms with Gasteiger partial charge in [0, 0.05) is 6.54 Å². The van der Waals surface area contributed by atoms with E-state index < -0.39 is 11.7 Å². The normalized spacial score (nSPS) is 11.2. The van der Waals surface area contributed by atoms with Gasteiger partial charge >= 0.3 is 6.09 Å². The second kappa shape index (κ2) is 10.1. The van der Waals surface area contributed by atoms with Crippen LogP contribution in [0.5, 0.6) is 5.75 Å². The number of ether oxygens (including phenoxy) is 2. The van der Waals surface area contributed by atoms with Crippen LogP contribution in [0.4, 0.5) is 4.79 Å². The molecule has 0 radical (unpaired) electrons. The molecule has 152 valence electrons. The molecule has 0 bridgehead atoms. The monoisotopic (exact) mass is 384 g/mol. The molecule has 2 N–H and O–H groups in total. The van der Waals surface area contributed by atoms with Crippen molar-refractivity contribution < 1.29 is 14.3 Å². The van der Waals surface area contributed by atoms with Crippen molar-refractivity contribution in [3.8, 4) is 16.9 Å². The first kappa shape index (κ1) is 21.8. The first-order valence-corrected chi connectivity index (χ1v) is 9.78. The van der Waals surface area contributed by atoms with Crippen LogP contribution in [0.2, 0.25) is 0 Å². The third-order valence-corrected chi connectivity index (χ3v) is 4.08. The number of hydrogen-bond donors (Lipinski definition) is 2. The van der Waals surface area contributed by atoms with Crippen molar-refractivity contribution in [2.45, 2.75) is 46.3 Å². The average Bonchev–Trinajstić information content (AvgIpc) is 2.64. The zero-order valence-electron chi connectivity index (χ0n) is 17.6. The standard InChI is InChI=1S/C23H32N2O3/c1-6-17-7-9-19(10-8-17)20-13-18(16-24-5)14-21(15-20)27-12-11-25-22(26)28-23(2,3)4/h7-10,13-15,24H,6,11-12,16H2,1-5H3,(H,25,26). The summed E-state index contributed by atoms with van der Waals surface area (Å²) >= 11 is 0. The van der Waals surface area contributed by atoms with E-state index >= 15 is 0 Å². The minimum Gasteiger partial charge on any atom is -0.492 e. The molecule has 0 fully saturated rings. The molecule has 0 atom stereocenters. The van der Waals surface area contributed by atoms with Crippen LogP contribution in [-0.2, 0) is 17.7 Å². The summed E-state index contributed by atoms with van der Waals surface area (Å²) in [5.41, 5.74) is 4.24. The second-order valence-electron chi connectivity index (χ2n) is 7.72. The third-order valence-electron chi connectivity index (χ3n) is 4.08. The Morgan fingerprint density at radius 1 is 1.00 bits per heavy atom. The molecule has 0 unspecified atom stereocenters.